The molecule has 0 unspecified atom stereocenters. The van der Waals surface area contributed by atoms with E-state index in [2.05, 4.69) is 75.6 Å². The van der Waals surface area contributed by atoms with Crippen molar-refractivity contribution in [2.75, 3.05) is 17.4 Å². The number of ether oxygens (including phenoxy) is 1. The maximum absolute atomic E-state index is 5.51. The van der Waals surface area contributed by atoms with E-state index < -0.39 is 0 Å². The summed E-state index contributed by atoms with van der Waals surface area (Å²) >= 11 is 5.34. The molecule has 0 aromatic heterocycles. The van der Waals surface area contributed by atoms with Gasteiger partial charge in [0.2, 0.25) is 0 Å². The zero-order valence-electron chi connectivity index (χ0n) is 13.4. The van der Waals surface area contributed by atoms with Gasteiger partial charge in [0.1, 0.15) is 0 Å². The van der Waals surface area contributed by atoms with Crippen LogP contribution in [0, 0.1) is 6.92 Å². The van der Waals surface area contributed by atoms with Crippen LogP contribution < -0.4 is 4.90 Å². The van der Waals surface area contributed by atoms with Gasteiger partial charge in [0, 0.05) is 16.8 Å². The molecule has 0 saturated heterocycles. The Kier molecular flexibility index (Phi) is 5.46. The quantitative estimate of drug-likeness (QED) is 0.640. The number of rotatable bonds is 5. The number of aryl methyl sites for hydroxylation is 1. The molecule has 23 heavy (non-hydrogen) atoms. The van der Waals surface area contributed by atoms with Gasteiger partial charge in [-0.2, -0.15) is 0 Å². The first-order valence-electron chi connectivity index (χ1n) is 7.71. The van der Waals surface area contributed by atoms with Crippen molar-refractivity contribution >= 4 is 39.1 Å². The standard InChI is InChI=1S/C19H20BrNOS/c1-3-22-11-15-4-9-18(14(2)10-15)21-13-23-12-19(21)16-5-7-17(20)8-6-16/h4-10,12H,3,11,13H2,1-2H3. The number of halogens is 1. The van der Waals surface area contributed by atoms with Crippen LogP contribution in [0.4, 0.5) is 5.69 Å². The fourth-order valence-corrected chi connectivity index (χ4v) is 3.89. The molecule has 0 aliphatic carbocycles. The van der Waals surface area contributed by atoms with Crippen LogP contribution in [0.3, 0.4) is 0 Å². The van der Waals surface area contributed by atoms with Crippen molar-refractivity contribution in [3.05, 3.63) is 69.0 Å². The minimum Gasteiger partial charge on any atom is -0.377 e. The van der Waals surface area contributed by atoms with Gasteiger partial charge in [-0.15, -0.1) is 11.8 Å². The lowest BCUT2D eigenvalue weighted by Crippen LogP contribution is -2.18. The van der Waals surface area contributed by atoms with Crippen LogP contribution in [0.1, 0.15) is 23.6 Å². The summed E-state index contributed by atoms with van der Waals surface area (Å²) in [7, 11) is 0. The smallest absolute Gasteiger partial charge is 0.0730 e. The van der Waals surface area contributed by atoms with Gasteiger partial charge in [-0.3, -0.25) is 0 Å². The number of hydrogen-bond acceptors (Lipinski definition) is 3. The number of benzene rings is 2. The minimum absolute atomic E-state index is 0.682. The van der Waals surface area contributed by atoms with Crippen LogP contribution in [0.25, 0.3) is 5.70 Å². The van der Waals surface area contributed by atoms with E-state index in [0.29, 0.717) is 6.61 Å². The average Bonchev–Trinajstić information content (AvgIpc) is 3.03. The van der Waals surface area contributed by atoms with E-state index in [1.807, 2.05) is 18.7 Å². The molecule has 3 rings (SSSR count). The minimum atomic E-state index is 0.682. The Bertz CT molecular complexity index is 712. The summed E-state index contributed by atoms with van der Waals surface area (Å²) in [6, 6.07) is 15.1. The first-order chi connectivity index (χ1) is 11.2. The normalized spacial score (nSPS) is 14.2. The molecule has 0 atom stereocenters. The molecular formula is C19H20BrNOS. The molecule has 0 fully saturated rings. The van der Waals surface area contributed by atoms with Gasteiger partial charge >= 0.3 is 0 Å². The zero-order chi connectivity index (χ0) is 16.2. The molecule has 0 radical (unpaired) electrons. The molecule has 4 heteroatoms. The largest absolute Gasteiger partial charge is 0.377 e. The summed E-state index contributed by atoms with van der Waals surface area (Å²) in [5, 5.41) is 2.25. The number of nitrogens with zero attached hydrogens (tertiary/aromatic N) is 1. The van der Waals surface area contributed by atoms with E-state index in [1.54, 1.807) is 0 Å². The molecule has 120 valence electrons. The highest BCUT2D eigenvalue weighted by Crippen LogP contribution is 2.37. The van der Waals surface area contributed by atoms with Crippen molar-refractivity contribution in [1.82, 2.24) is 0 Å². The fourth-order valence-electron chi connectivity index (χ4n) is 2.70. The molecule has 0 bridgehead atoms. The zero-order valence-corrected chi connectivity index (χ0v) is 15.8. The Morgan fingerprint density at radius 1 is 1.17 bits per heavy atom. The average molecular weight is 390 g/mol. The van der Waals surface area contributed by atoms with E-state index in [-0.39, 0.29) is 0 Å². The summed E-state index contributed by atoms with van der Waals surface area (Å²) in [6.07, 6.45) is 0. The maximum atomic E-state index is 5.51. The second kappa shape index (κ2) is 7.56. The van der Waals surface area contributed by atoms with Gasteiger partial charge in [-0.1, -0.05) is 40.2 Å². The molecule has 0 amide bonds. The van der Waals surface area contributed by atoms with Crippen LogP contribution in [-0.2, 0) is 11.3 Å². The Morgan fingerprint density at radius 2 is 1.96 bits per heavy atom. The van der Waals surface area contributed by atoms with Crippen molar-refractivity contribution < 1.29 is 4.74 Å². The van der Waals surface area contributed by atoms with Crippen molar-refractivity contribution in [2.24, 2.45) is 0 Å². The monoisotopic (exact) mass is 389 g/mol. The Morgan fingerprint density at radius 3 is 2.65 bits per heavy atom. The Hall–Kier alpha value is -1.23. The number of anilines is 1. The topological polar surface area (TPSA) is 12.5 Å². The van der Waals surface area contributed by atoms with Gasteiger partial charge in [0.25, 0.3) is 0 Å². The molecule has 1 aliphatic rings. The molecule has 1 aliphatic heterocycles. The van der Waals surface area contributed by atoms with Crippen molar-refractivity contribution in [2.45, 2.75) is 20.5 Å². The van der Waals surface area contributed by atoms with E-state index in [0.717, 1.165) is 17.0 Å². The summed E-state index contributed by atoms with van der Waals surface area (Å²) < 4.78 is 6.61. The molecule has 2 aromatic rings. The lowest BCUT2D eigenvalue weighted by Gasteiger charge is -2.24. The third kappa shape index (κ3) is 3.82. The predicted molar refractivity (Wildman–Crippen MR) is 104 cm³/mol. The van der Waals surface area contributed by atoms with Crippen LogP contribution >= 0.6 is 27.7 Å². The molecule has 0 spiro atoms. The Balaban J connectivity index is 1.86. The second-order valence-electron chi connectivity index (χ2n) is 5.49. The van der Waals surface area contributed by atoms with Gasteiger partial charge in [-0.05, 0) is 54.1 Å². The van der Waals surface area contributed by atoms with Crippen molar-refractivity contribution in [1.29, 1.82) is 0 Å². The molecular weight excluding hydrogens is 370 g/mol. The van der Waals surface area contributed by atoms with E-state index in [9.17, 15) is 0 Å². The number of hydrogen-bond donors (Lipinski definition) is 0. The summed E-state index contributed by atoms with van der Waals surface area (Å²) in [6.45, 7) is 5.63. The second-order valence-corrected chi connectivity index (χ2v) is 7.23. The van der Waals surface area contributed by atoms with E-state index in [1.165, 1.54) is 28.1 Å². The van der Waals surface area contributed by atoms with Crippen molar-refractivity contribution in [3.8, 4) is 0 Å². The molecule has 2 aromatic carbocycles. The highest BCUT2D eigenvalue weighted by molar-refractivity contribution is 9.10. The lowest BCUT2D eigenvalue weighted by molar-refractivity contribution is 0.134. The first-order valence-corrected chi connectivity index (χ1v) is 9.55. The maximum Gasteiger partial charge on any atom is 0.0730 e. The summed E-state index contributed by atoms with van der Waals surface area (Å²) in [5.74, 6) is 0.955. The van der Waals surface area contributed by atoms with Crippen LogP contribution in [0.5, 0.6) is 0 Å². The van der Waals surface area contributed by atoms with Gasteiger partial charge < -0.3 is 9.64 Å². The highest BCUT2D eigenvalue weighted by atomic mass is 79.9. The molecule has 0 N–H and O–H groups in total. The Labute approximate surface area is 150 Å². The number of thioether (sulfide) groups is 1. The van der Waals surface area contributed by atoms with E-state index in [4.69, 9.17) is 4.74 Å². The molecule has 2 nitrogen and oxygen atoms in total. The predicted octanol–water partition coefficient (Wildman–Crippen LogP) is 5.80. The highest BCUT2D eigenvalue weighted by Gasteiger charge is 2.20. The summed E-state index contributed by atoms with van der Waals surface area (Å²) in [5.41, 5.74) is 6.30. The van der Waals surface area contributed by atoms with Gasteiger partial charge in [0.05, 0.1) is 18.2 Å². The van der Waals surface area contributed by atoms with Gasteiger partial charge in [-0.25, -0.2) is 0 Å². The summed E-state index contributed by atoms with van der Waals surface area (Å²) in [4.78, 5) is 2.38. The third-order valence-electron chi connectivity index (χ3n) is 3.85. The van der Waals surface area contributed by atoms with E-state index >= 15 is 0 Å². The molecule has 1 heterocycles. The first kappa shape index (κ1) is 16.6. The fraction of sp³-hybridized carbons (Fsp3) is 0.263. The van der Waals surface area contributed by atoms with Crippen LogP contribution in [-0.4, -0.2) is 12.5 Å². The lowest BCUT2D eigenvalue weighted by atomic mass is 10.1. The molecule has 0 saturated carbocycles. The van der Waals surface area contributed by atoms with Crippen molar-refractivity contribution in [3.63, 3.8) is 0 Å². The third-order valence-corrected chi connectivity index (χ3v) is 5.18. The van der Waals surface area contributed by atoms with Crippen LogP contribution in [0.15, 0.2) is 52.3 Å². The van der Waals surface area contributed by atoms with Gasteiger partial charge in [0.15, 0.2) is 0 Å². The van der Waals surface area contributed by atoms with Crippen LogP contribution in [0.2, 0.25) is 0 Å². The SMILES string of the molecule is CCOCc1ccc(N2CSC=C2c2ccc(Br)cc2)c(C)c1.